The van der Waals surface area contributed by atoms with Crippen LogP contribution in [-0.2, 0) is 16.0 Å². The number of ether oxygens (including phenoxy) is 2. The minimum absolute atomic E-state index is 0.0885. The first-order valence-electron chi connectivity index (χ1n) is 5.58. The highest BCUT2D eigenvalue weighted by Gasteiger charge is 2.16. The largest absolute Gasteiger partial charge is 0.495 e. The Bertz CT molecular complexity index is 621. The molecule has 1 N–H and O–H groups in total. The van der Waals surface area contributed by atoms with Crippen molar-refractivity contribution in [2.24, 2.45) is 0 Å². The first kappa shape index (κ1) is 14.5. The van der Waals surface area contributed by atoms with Gasteiger partial charge in [-0.2, -0.15) is 0 Å². The van der Waals surface area contributed by atoms with Gasteiger partial charge in [-0.3, -0.25) is 14.9 Å². The van der Waals surface area contributed by atoms with Gasteiger partial charge in [0, 0.05) is 5.38 Å². The molecule has 0 bridgehead atoms. The van der Waals surface area contributed by atoms with Crippen LogP contribution in [0.4, 0.5) is 5.13 Å². The molecule has 1 amide bonds. The lowest BCUT2D eigenvalue weighted by molar-refractivity contribution is -0.139. The Balaban J connectivity index is 2.03. The third kappa shape index (κ3) is 3.34. The molecule has 2 heterocycles. The molecule has 0 saturated heterocycles. The SMILES string of the molecule is COC(=O)Cc1csc(NC(=O)c2sccc2OC)n1. The summed E-state index contributed by atoms with van der Waals surface area (Å²) in [6, 6.07) is 1.73. The maximum Gasteiger partial charge on any atom is 0.311 e. The van der Waals surface area contributed by atoms with E-state index in [4.69, 9.17) is 4.74 Å². The Morgan fingerprint density at radius 1 is 1.35 bits per heavy atom. The Morgan fingerprint density at radius 2 is 2.15 bits per heavy atom. The highest BCUT2D eigenvalue weighted by Crippen LogP contribution is 2.26. The highest BCUT2D eigenvalue weighted by atomic mass is 32.1. The van der Waals surface area contributed by atoms with Gasteiger partial charge >= 0.3 is 5.97 Å². The van der Waals surface area contributed by atoms with Gasteiger partial charge in [0.2, 0.25) is 0 Å². The Hall–Kier alpha value is -1.93. The summed E-state index contributed by atoms with van der Waals surface area (Å²) in [5, 5.41) is 6.59. The van der Waals surface area contributed by atoms with Crippen molar-refractivity contribution in [3.8, 4) is 5.75 Å². The number of amides is 1. The lowest BCUT2D eigenvalue weighted by Gasteiger charge is -2.02. The Kier molecular flexibility index (Phi) is 4.70. The average molecular weight is 312 g/mol. The third-order valence-electron chi connectivity index (χ3n) is 2.38. The summed E-state index contributed by atoms with van der Waals surface area (Å²) in [4.78, 5) is 27.8. The summed E-state index contributed by atoms with van der Waals surface area (Å²) in [6.45, 7) is 0. The lowest BCUT2D eigenvalue weighted by atomic mass is 10.3. The van der Waals surface area contributed by atoms with E-state index < -0.39 is 0 Å². The van der Waals surface area contributed by atoms with Crippen molar-refractivity contribution in [2.45, 2.75) is 6.42 Å². The molecule has 2 rings (SSSR count). The van der Waals surface area contributed by atoms with Gasteiger partial charge in [0.25, 0.3) is 5.91 Å². The van der Waals surface area contributed by atoms with Gasteiger partial charge in [-0.15, -0.1) is 22.7 Å². The number of nitrogens with zero attached hydrogens (tertiary/aromatic N) is 1. The molecule has 2 aromatic heterocycles. The normalized spacial score (nSPS) is 10.1. The van der Waals surface area contributed by atoms with E-state index in [0.29, 0.717) is 21.5 Å². The number of methoxy groups -OCH3 is 2. The Labute approximate surface area is 123 Å². The minimum atomic E-state index is -0.367. The van der Waals surface area contributed by atoms with Crippen LogP contribution >= 0.6 is 22.7 Å². The number of carbonyl (C=O) groups is 2. The zero-order valence-electron chi connectivity index (χ0n) is 10.8. The molecule has 0 spiro atoms. The Morgan fingerprint density at radius 3 is 2.85 bits per heavy atom. The first-order valence-corrected chi connectivity index (χ1v) is 7.34. The third-order valence-corrected chi connectivity index (χ3v) is 4.08. The molecule has 0 aromatic carbocycles. The zero-order chi connectivity index (χ0) is 14.5. The molecule has 20 heavy (non-hydrogen) atoms. The van der Waals surface area contributed by atoms with Crippen molar-refractivity contribution in [1.82, 2.24) is 4.98 Å². The van der Waals surface area contributed by atoms with Gasteiger partial charge in [0.1, 0.15) is 10.6 Å². The van der Waals surface area contributed by atoms with Crippen LogP contribution in [0.15, 0.2) is 16.8 Å². The van der Waals surface area contributed by atoms with Gasteiger partial charge < -0.3 is 9.47 Å². The molecule has 0 radical (unpaired) electrons. The van der Waals surface area contributed by atoms with Crippen molar-refractivity contribution in [1.29, 1.82) is 0 Å². The maximum absolute atomic E-state index is 12.0. The molecule has 106 valence electrons. The average Bonchev–Trinajstić information content (AvgIpc) is 3.07. The van der Waals surface area contributed by atoms with E-state index in [1.807, 2.05) is 0 Å². The molecule has 0 saturated carbocycles. The zero-order valence-corrected chi connectivity index (χ0v) is 12.5. The van der Waals surface area contributed by atoms with Gasteiger partial charge in [0.15, 0.2) is 5.13 Å². The van der Waals surface area contributed by atoms with Crippen LogP contribution in [0.25, 0.3) is 0 Å². The summed E-state index contributed by atoms with van der Waals surface area (Å²) in [7, 11) is 2.83. The molecule has 8 heteroatoms. The van der Waals surface area contributed by atoms with E-state index in [1.165, 1.54) is 36.9 Å². The number of hydrogen-bond donors (Lipinski definition) is 1. The van der Waals surface area contributed by atoms with Crippen molar-refractivity contribution < 1.29 is 19.1 Å². The number of hydrogen-bond acceptors (Lipinski definition) is 7. The number of aromatic nitrogens is 1. The van der Waals surface area contributed by atoms with E-state index >= 15 is 0 Å². The predicted octanol–water partition coefficient (Wildman–Crippen LogP) is 2.18. The van der Waals surface area contributed by atoms with Crippen LogP contribution in [0.3, 0.4) is 0 Å². The van der Waals surface area contributed by atoms with Crippen molar-refractivity contribution >= 4 is 39.7 Å². The second-order valence-corrected chi connectivity index (χ2v) is 5.44. The highest BCUT2D eigenvalue weighted by molar-refractivity contribution is 7.14. The molecule has 0 fully saturated rings. The van der Waals surface area contributed by atoms with E-state index in [1.54, 1.807) is 16.8 Å². The van der Waals surface area contributed by atoms with Crippen LogP contribution in [-0.4, -0.2) is 31.1 Å². The molecular formula is C12H12N2O4S2. The van der Waals surface area contributed by atoms with Gasteiger partial charge in [-0.05, 0) is 11.4 Å². The summed E-state index contributed by atoms with van der Waals surface area (Å²) >= 11 is 2.54. The van der Waals surface area contributed by atoms with Crippen molar-refractivity contribution in [2.75, 3.05) is 19.5 Å². The number of esters is 1. The molecule has 0 atom stereocenters. The molecule has 0 aliphatic carbocycles. The van der Waals surface area contributed by atoms with Gasteiger partial charge in [-0.25, -0.2) is 4.98 Å². The fourth-order valence-corrected chi connectivity index (χ4v) is 2.90. The standard InChI is InChI=1S/C12H12N2O4S2/c1-17-8-3-4-19-10(8)11(16)14-12-13-7(6-20-12)5-9(15)18-2/h3-4,6H,5H2,1-2H3,(H,13,14,16). The molecular weight excluding hydrogens is 300 g/mol. The fraction of sp³-hybridized carbons (Fsp3) is 0.250. The molecule has 0 unspecified atom stereocenters. The summed E-state index contributed by atoms with van der Waals surface area (Å²) < 4.78 is 9.65. The fourth-order valence-electron chi connectivity index (χ4n) is 1.44. The monoisotopic (exact) mass is 312 g/mol. The topological polar surface area (TPSA) is 77.5 Å². The van der Waals surface area contributed by atoms with Gasteiger partial charge in [0.05, 0.1) is 26.3 Å². The second-order valence-electron chi connectivity index (χ2n) is 3.67. The number of nitrogens with one attached hydrogen (secondary N) is 1. The van der Waals surface area contributed by atoms with Crippen LogP contribution in [0.2, 0.25) is 0 Å². The van der Waals surface area contributed by atoms with Crippen molar-refractivity contribution in [3.63, 3.8) is 0 Å². The van der Waals surface area contributed by atoms with Crippen LogP contribution < -0.4 is 10.1 Å². The number of anilines is 1. The molecule has 0 aliphatic heterocycles. The van der Waals surface area contributed by atoms with Gasteiger partial charge in [-0.1, -0.05) is 0 Å². The first-order chi connectivity index (χ1) is 9.63. The minimum Gasteiger partial charge on any atom is -0.495 e. The summed E-state index contributed by atoms with van der Waals surface area (Å²) in [5.74, 6) is -0.122. The van der Waals surface area contributed by atoms with E-state index in [0.717, 1.165) is 0 Å². The molecule has 2 aromatic rings. The van der Waals surface area contributed by atoms with Crippen LogP contribution in [0, 0.1) is 0 Å². The number of carbonyl (C=O) groups excluding carboxylic acids is 2. The predicted molar refractivity (Wildman–Crippen MR) is 76.7 cm³/mol. The number of thiazole rings is 1. The van der Waals surface area contributed by atoms with E-state index in [9.17, 15) is 9.59 Å². The quantitative estimate of drug-likeness (QED) is 0.856. The summed E-state index contributed by atoms with van der Waals surface area (Å²) in [5.41, 5.74) is 0.565. The number of thiophene rings is 1. The lowest BCUT2D eigenvalue weighted by Crippen LogP contribution is -2.11. The molecule has 0 aliphatic rings. The van der Waals surface area contributed by atoms with E-state index in [2.05, 4.69) is 15.0 Å². The second kappa shape index (κ2) is 6.49. The van der Waals surface area contributed by atoms with Crippen molar-refractivity contribution in [3.05, 3.63) is 27.4 Å². The molecule has 6 nitrogen and oxygen atoms in total. The maximum atomic E-state index is 12.0. The summed E-state index contributed by atoms with van der Waals surface area (Å²) in [6.07, 6.45) is 0.0885. The van der Waals surface area contributed by atoms with Crippen LogP contribution in [0.1, 0.15) is 15.4 Å². The van der Waals surface area contributed by atoms with E-state index in [-0.39, 0.29) is 18.3 Å². The smallest absolute Gasteiger partial charge is 0.311 e. The number of rotatable bonds is 5. The van der Waals surface area contributed by atoms with Crippen LogP contribution in [0.5, 0.6) is 5.75 Å².